The van der Waals surface area contributed by atoms with Crippen molar-refractivity contribution in [3.8, 4) is 0 Å². The second kappa shape index (κ2) is 13.8. The van der Waals surface area contributed by atoms with Gasteiger partial charge in [-0.25, -0.2) is 9.97 Å². The molecule has 38 heavy (non-hydrogen) atoms. The second-order valence-electron chi connectivity index (χ2n) is 9.05. The Balaban J connectivity index is 0.00000200. The Morgan fingerprint density at radius 3 is 2.34 bits per heavy atom. The lowest BCUT2D eigenvalue weighted by molar-refractivity contribution is -0.124. The lowest BCUT2D eigenvalue weighted by Crippen LogP contribution is -2.37. The van der Waals surface area contributed by atoms with Gasteiger partial charge >= 0.3 is 0 Å². The molecule has 0 fully saturated rings. The number of fused-ring (bicyclic) bond motifs is 1. The van der Waals surface area contributed by atoms with E-state index in [0.717, 1.165) is 35.4 Å². The largest absolute Gasteiger partial charge is 0.365 e. The monoisotopic (exact) mass is 554 g/mol. The van der Waals surface area contributed by atoms with Crippen molar-refractivity contribution in [2.45, 2.75) is 37.6 Å². The Morgan fingerprint density at radius 2 is 1.71 bits per heavy atom. The van der Waals surface area contributed by atoms with Gasteiger partial charge in [-0.3, -0.25) is 14.2 Å². The minimum atomic E-state index is -0.512. The molecule has 200 valence electrons. The molecule has 2 aromatic heterocycles. The first-order valence-corrected chi connectivity index (χ1v) is 12.4. The van der Waals surface area contributed by atoms with Gasteiger partial charge in [-0.2, -0.15) is 0 Å². The van der Waals surface area contributed by atoms with E-state index in [0.29, 0.717) is 25.9 Å². The average molecular weight is 556 g/mol. The molecule has 0 bridgehead atoms. The predicted molar refractivity (Wildman–Crippen MR) is 153 cm³/mol. The van der Waals surface area contributed by atoms with E-state index in [-0.39, 0.29) is 48.0 Å². The van der Waals surface area contributed by atoms with Crippen LogP contribution in [0.2, 0.25) is 0 Å². The van der Waals surface area contributed by atoms with Gasteiger partial charge in [0, 0.05) is 42.8 Å². The summed E-state index contributed by atoms with van der Waals surface area (Å²) in [4.78, 5) is 37.8. The Labute approximate surface area is 234 Å². The van der Waals surface area contributed by atoms with E-state index in [1.807, 2.05) is 36.4 Å². The van der Waals surface area contributed by atoms with Crippen molar-refractivity contribution in [2.75, 3.05) is 18.4 Å². The zero-order chi connectivity index (χ0) is 24.7. The first-order chi connectivity index (χ1) is 17.7. The van der Waals surface area contributed by atoms with Gasteiger partial charge in [0.05, 0.1) is 6.33 Å². The number of carbonyl (C=O) groups is 1. The van der Waals surface area contributed by atoms with Crippen molar-refractivity contribution in [3.63, 3.8) is 0 Å². The highest BCUT2D eigenvalue weighted by Crippen LogP contribution is 2.26. The summed E-state index contributed by atoms with van der Waals surface area (Å²) in [7, 11) is 0. The molecule has 1 aliphatic heterocycles. The molecule has 8 nitrogen and oxygen atoms in total. The Morgan fingerprint density at radius 1 is 1.03 bits per heavy atom. The lowest BCUT2D eigenvalue weighted by Gasteiger charge is -2.20. The zero-order valence-electron chi connectivity index (χ0n) is 20.9. The number of anilines is 1. The SMILES string of the molecule is Cl.Cl.O=C(NCCCc1cnc[nH]1)[C@@H]1CCc2cnc(NCC(c3ccccc3)c3ccccc3)c(=O)n21. The van der Waals surface area contributed by atoms with Gasteiger partial charge < -0.3 is 15.6 Å². The molecule has 0 radical (unpaired) electrons. The van der Waals surface area contributed by atoms with Crippen molar-refractivity contribution >= 4 is 36.5 Å². The number of halogens is 2. The van der Waals surface area contributed by atoms with Gasteiger partial charge in [-0.1, -0.05) is 60.7 Å². The van der Waals surface area contributed by atoms with E-state index < -0.39 is 6.04 Å². The van der Waals surface area contributed by atoms with Crippen LogP contribution < -0.4 is 16.2 Å². The van der Waals surface area contributed by atoms with Gasteiger partial charge in [0.2, 0.25) is 5.91 Å². The Kier molecular flexibility index (Phi) is 10.5. The second-order valence-corrected chi connectivity index (χ2v) is 9.05. The van der Waals surface area contributed by atoms with Crippen LogP contribution in [0.15, 0.2) is 84.2 Å². The number of carbonyl (C=O) groups excluding carboxylic acids is 1. The molecule has 1 amide bonds. The standard InChI is InChI=1S/C28H30N6O2.2ClH/c35-27(30-15-7-12-22-16-29-19-33-22)25-14-13-23-17-31-26(28(36)34(23)25)32-18-24(20-8-3-1-4-9-20)21-10-5-2-6-11-21;;/h1-6,8-11,16-17,19,24-25H,7,12-15,18H2,(H,29,33)(H,30,35)(H,31,32);2*1H/t25-;;/m0../s1. The molecule has 0 saturated heterocycles. The molecule has 0 aliphatic carbocycles. The predicted octanol–water partition coefficient (Wildman–Crippen LogP) is 4.29. The fraction of sp³-hybridized carbons (Fsp3) is 0.286. The van der Waals surface area contributed by atoms with E-state index >= 15 is 0 Å². The van der Waals surface area contributed by atoms with Crippen LogP contribution in [0, 0.1) is 0 Å². The minimum absolute atomic E-state index is 0. The number of hydrogen-bond donors (Lipinski definition) is 3. The zero-order valence-corrected chi connectivity index (χ0v) is 22.5. The quantitative estimate of drug-likeness (QED) is 0.253. The summed E-state index contributed by atoms with van der Waals surface area (Å²) in [6.07, 6.45) is 8.02. The van der Waals surface area contributed by atoms with Crippen molar-refractivity contribution in [2.24, 2.45) is 0 Å². The van der Waals surface area contributed by atoms with E-state index in [2.05, 4.69) is 49.9 Å². The highest BCUT2D eigenvalue weighted by atomic mass is 35.5. The topological polar surface area (TPSA) is 105 Å². The van der Waals surface area contributed by atoms with E-state index in [1.165, 1.54) is 0 Å². The third kappa shape index (κ3) is 6.62. The Hall–Kier alpha value is -3.62. The van der Waals surface area contributed by atoms with E-state index in [1.54, 1.807) is 23.3 Å². The molecule has 0 unspecified atom stereocenters. The molecule has 3 N–H and O–H groups in total. The molecule has 2 aromatic carbocycles. The number of hydrogen-bond acceptors (Lipinski definition) is 5. The van der Waals surface area contributed by atoms with Gasteiger partial charge in [0.25, 0.3) is 5.56 Å². The first kappa shape index (κ1) is 28.9. The first-order valence-electron chi connectivity index (χ1n) is 12.4. The van der Waals surface area contributed by atoms with Gasteiger partial charge in [-0.15, -0.1) is 24.8 Å². The third-order valence-corrected chi connectivity index (χ3v) is 6.72. The maximum Gasteiger partial charge on any atom is 0.294 e. The summed E-state index contributed by atoms with van der Waals surface area (Å²) in [5, 5.41) is 6.28. The summed E-state index contributed by atoms with van der Waals surface area (Å²) in [5.74, 6) is 0.208. The van der Waals surface area contributed by atoms with E-state index in [9.17, 15) is 9.59 Å². The molecule has 4 aromatic rings. The maximum atomic E-state index is 13.4. The number of imidazole rings is 1. The van der Waals surface area contributed by atoms with Crippen molar-refractivity contribution < 1.29 is 4.79 Å². The third-order valence-electron chi connectivity index (χ3n) is 6.72. The summed E-state index contributed by atoms with van der Waals surface area (Å²) < 4.78 is 1.61. The molecule has 10 heteroatoms. The van der Waals surface area contributed by atoms with Crippen molar-refractivity contribution in [1.82, 2.24) is 24.8 Å². The number of nitrogens with zero attached hydrogens (tertiary/aromatic N) is 3. The number of benzene rings is 2. The van der Waals surface area contributed by atoms with Gasteiger partial charge in [0.15, 0.2) is 5.82 Å². The van der Waals surface area contributed by atoms with Crippen LogP contribution in [0.1, 0.15) is 47.3 Å². The van der Waals surface area contributed by atoms with Crippen molar-refractivity contribution in [3.05, 3.63) is 112 Å². The average Bonchev–Trinajstić information content (AvgIpc) is 3.60. The van der Waals surface area contributed by atoms with Crippen LogP contribution in [-0.2, 0) is 17.6 Å². The molecule has 3 heterocycles. The molecule has 5 rings (SSSR count). The molecule has 0 saturated carbocycles. The van der Waals surface area contributed by atoms with Crippen LogP contribution in [0.3, 0.4) is 0 Å². The molecule has 0 spiro atoms. The highest BCUT2D eigenvalue weighted by Gasteiger charge is 2.30. The normalized spacial score (nSPS) is 13.8. The number of rotatable bonds is 10. The lowest BCUT2D eigenvalue weighted by atomic mass is 9.91. The van der Waals surface area contributed by atoms with Gasteiger partial charge in [-0.05, 0) is 36.8 Å². The number of amides is 1. The molecule has 1 aliphatic rings. The maximum absolute atomic E-state index is 13.4. The van der Waals surface area contributed by atoms with Crippen LogP contribution in [0.5, 0.6) is 0 Å². The van der Waals surface area contributed by atoms with Gasteiger partial charge in [0.1, 0.15) is 6.04 Å². The molecular weight excluding hydrogens is 523 g/mol. The number of aromatic amines is 1. The Bertz CT molecular complexity index is 1310. The van der Waals surface area contributed by atoms with Crippen LogP contribution in [0.4, 0.5) is 5.82 Å². The van der Waals surface area contributed by atoms with Crippen LogP contribution in [-0.4, -0.2) is 38.5 Å². The molecular formula is C28H32Cl2N6O2. The summed E-state index contributed by atoms with van der Waals surface area (Å²) >= 11 is 0. The fourth-order valence-electron chi connectivity index (χ4n) is 4.84. The summed E-state index contributed by atoms with van der Waals surface area (Å²) in [6.45, 7) is 1.06. The summed E-state index contributed by atoms with van der Waals surface area (Å²) in [5.41, 5.74) is 3.90. The fourth-order valence-corrected chi connectivity index (χ4v) is 4.84. The number of aryl methyl sites for hydroxylation is 2. The number of H-pyrrole nitrogens is 1. The van der Waals surface area contributed by atoms with Crippen molar-refractivity contribution in [1.29, 1.82) is 0 Å². The minimum Gasteiger partial charge on any atom is -0.365 e. The smallest absolute Gasteiger partial charge is 0.294 e. The number of nitrogens with one attached hydrogen (secondary N) is 3. The number of aromatic nitrogens is 4. The molecule has 1 atom stereocenters. The highest BCUT2D eigenvalue weighted by molar-refractivity contribution is 5.85. The van der Waals surface area contributed by atoms with E-state index in [4.69, 9.17) is 0 Å². The summed E-state index contributed by atoms with van der Waals surface area (Å²) in [6, 6.07) is 19.9. The van der Waals surface area contributed by atoms with Crippen LogP contribution >= 0.6 is 24.8 Å². The van der Waals surface area contributed by atoms with Crippen LogP contribution in [0.25, 0.3) is 0 Å².